The van der Waals surface area contributed by atoms with E-state index in [4.69, 9.17) is 9.47 Å². The summed E-state index contributed by atoms with van der Waals surface area (Å²) in [6.07, 6.45) is 0.384. The van der Waals surface area contributed by atoms with Crippen LogP contribution in [0.25, 0.3) is 0 Å². The maximum absolute atomic E-state index is 13.4. The summed E-state index contributed by atoms with van der Waals surface area (Å²) < 4.78 is 23.4. The van der Waals surface area contributed by atoms with Gasteiger partial charge in [0.2, 0.25) is 0 Å². The molecule has 2 aromatic rings. The lowest BCUT2D eigenvalue weighted by Gasteiger charge is -2.09. The topological polar surface area (TPSA) is 111 Å². The summed E-state index contributed by atoms with van der Waals surface area (Å²) in [5, 5.41) is 0. The van der Waals surface area contributed by atoms with Crippen LogP contribution >= 0.6 is 0 Å². The number of carbonyl (C=O) groups is 4. The highest BCUT2D eigenvalue weighted by Gasteiger charge is 2.13. The Morgan fingerprint density at radius 1 is 0.931 bits per heavy atom. The molecule has 9 heteroatoms. The van der Waals surface area contributed by atoms with E-state index in [-0.39, 0.29) is 11.3 Å². The van der Waals surface area contributed by atoms with Crippen molar-refractivity contribution in [3.05, 3.63) is 65.5 Å². The van der Waals surface area contributed by atoms with Crippen LogP contribution in [0.4, 0.5) is 4.39 Å². The second-order valence-electron chi connectivity index (χ2n) is 5.73. The van der Waals surface area contributed by atoms with Crippen molar-refractivity contribution in [2.75, 3.05) is 13.2 Å². The summed E-state index contributed by atoms with van der Waals surface area (Å²) in [6.45, 7) is 0.643. The van der Waals surface area contributed by atoms with Gasteiger partial charge in [-0.25, -0.2) is 9.18 Å². The number of hydrazine groups is 1. The largest absolute Gasteiger partial charge is 0.482 e. The fourth-order valence-corrected chi connectivity index (χ4v) is 2.15. The van der Waals surface area contributed by atoms with Crippen molar-refractivity contribution in [1.29, 1.82) is 0 Å². The number of amides is 2. The summed E-state index contributed by atoms with van der Waals surface area (Å²) in [7, 11) is 0. The van der Waals surface area contributed by atoms with Gasteiger partial charge in [-0.05, 0) is 36.4 Å². The van der Waals surface area contributed by atoms with Crippen molar-refractivity contribution in [3.8, 4) is 5.75 Å². The summed E-state index contributed by atoms with van der Waals surface area (Å²) in [5.41, 5.74) is 4.31. The molecule has 2 rings (SSSR count). The Labute approximate surface area is 166 Å². The smallest absolute Gasteiger partial charge is 0.344 e. The number of rotatable bonds is 8. The molecule has 2 N–H and O–H groups in total. The number of hydrogen-bond donors (Lipinski definition) is 2. The highest BCUT2D eigenvalue weighted by molar-refractivity contribution is 5.96. The van der Waals surface area contributed by atoms with Crippen molar-refractivity contribution in [2.45, 2.75) is 13.3 Å². The summed E-state index contributed by atoms with van der Waals surface area (Å²) in [4.78, 5) is 46.5. The molecular weight excluding hydrogens is 383 g/mol. The van der Waals surface area contributed by atoms with Crippen molar-refractivity contribution >= 4 is 23.6 Å². The first kappa shape index (κ1) is 21.5. The van der Waals surface area contributed by atoms with Gasteiger partial charge < -0.3 is 9.47 Å². The molecule has 0 aliphatic rings. The minimum absolute atomic E-state index is 0.0101. The third-order valence-electron chi connectivity index (χ3n) is 3.65. The van der Waals surface area contributed by atoms with Gasteiger partial charge in [0.1, 0.15) is 11.6 Å². The number of ketones is 1. The van der Waals surface area contributed by atoms with Crippen LogP contribution < -0.4 is 15.6 Å². The first-order valence-electron chi connectivity index (χ1n) is 8.66. The predicted octanol–water partition coefficient (Wildman–Crippen LogP) is 1.80. The van der Waals surface area contributed by atoms with E-state index in [1.54, 1.807) is 31.2 Å². The number of nitrogens with one attached hydrogen (secondary N) is 2. The molecule has 0 heterocycles. The van der Waals surface area contributed by atoms with Crippen LogP contribution in [0.1, 0.15) is 34.1 Å². The second-order valence-corrected chi connectivity index (χ2v) is 5.73. The highest BCUT2D eigenvalue weighted by atomic mass is 19.1. The molecule has 0 aliphatic carbocycles. The number of halogens is 1. The number of Topliss-reactive ketones (excluding diaryl/α,β-unsaturated/α-hetero) is 1. The van der Waals surface area contributed by atoms with Crippen molar-refractivity contribution in [1.82, 2.24) is 10.9 Å². The second kappa shape index (κ2) is 10.5. The predicted molar refractivity (Wildman–Crippen MR) is 99.5 cm³/mol. The fourth-order valence-electron chi connectivity index (χ4n) is 2.15. The molecule has 29 heavy (non-hydrogen) atoms. The molecule has 152 valence electrons. The lowest BCUT2D eigenvalue weighted by molar-refractivity contribution is -0.150. The molecule has 8 nitrogen and oxygen atoms in total. The number of esters is 1. The zero-order valence-corrected chi connectivity index (χ0v) is 15.6. The van der Waals surface area contributed by atoms with E-state index in [0.29, 0.717) is 17.7 Å². The first-order chi connectivity index (χ1) is 13.9. The van der Waals surface area contributed by atoms with Gasteiger partial charge in [0, 0.05) is 12.0 Å². The molecule has 0 atom stereocenters. The number of hydrogen-bond acceptors (Lipinski definition) is 6. The van der Waals surface area contributed by atoms with E-state index in [1.165, 1.54) is 18.2 Å². The van der Waals surface area contributed by atoms with E-state index >= 15 is 0 Å². The fraction of sp³-hybridized carbons (Fsp3) is 0.200. The molecular formula is C20H19FN2O6. The van der Waals surface area contributed by atoms with Gasteiger partial charge in [0.15, 0.2) is 19.0 Å². The average Bonchev–Trinajstić information content (AvgIpc) is 2.74. The average molecular weight is 402 g/mol. The van der Waals surface area contributed by atoms with Crippen LogP contribution in [-0.2, 0) is 14.3 Å². The van der Waals surface area contributed by atoms with Crippen LogP contribution in [0.5, 0.6) is 5.75 Å². The molecule has 0 saturated carbocycles. The standard InChI is InChI=1S/C20H19FN2O6/c1-2-17(24)13-7-9-14(10-8-13)28-12-19(26)29-11-18(25)22-23-20(27)15-5-3-4-6-16(15)21/h3-10H,2,11-12H2,1H3,(H,22,25)(H,23,27). The molecule has 0 bridgehead atoms. The normalized spacial score (nSPS) is 10.0. The molecule has 0 fully saturated rings. The Hall–Kier alpha value is -3.75. The molecule has 0 unspecified atom stereocenters. The molecule has 0 aromatic heterocycles. The van der Waals surface area contributed by atoms with Crippen LogP contribution in [0, 0.1) is 5.82 Å². The molecule has 0 aliphatic heterocycles. The Kier molecular flexibility index (Phi) is 7.84. The van der Waals surface area contributed by atoms with E-state index in [2.05, 4.69) is 0 Å². The van der Waals surface area contributed by atoms with Crippen molar-refractivity contribution in [3.63, 3.8) is 0 Å². The van der Waals surface area contributed by atoms with Gasteiger partial charge in [-0.15, -0.1) is 0 Å². The Morgan fingerprint density at radius 3 is 2.28 bits per heavy atom. The summed E-state index contributed by atoms with van der Waals surface area (Å²) in [6, 6.07) is 11.5. The summed E-state index contributed by atoms with van der Waals surface area (Å²) >= 11 is 0. The number of carbonyl (C=O) groups excluding carboxylic acids is 4. The monoisotopic (exact) mass is 402 g/mol. The Balaban J connectivity index is 1.69. The van der Waals surface area contributed by atoms with Crippen LogP contribution in [0.3, 0.4) is 0 Å². The Morgan fingerprint density at radius 2 is 1.62 bits per heavy atom. The van der Waals surface area contributed by atoms with Gasteiger partial charge in [-0.3, -0.25) is 25.2 Å². The molecule has 2 amide bonds. The molecule has 0 radical (unpaired) electrons. The van der Waals surface area contributed by atoms with Crippen molar-refractivity contribution in [2.24, 2.45) is 0 Å². The Bertz CT molecular complexity index is 898. The molecule has 0 saturated heterocycles. The number of benzene rings is 2. The summed E-state index contributed by atoms with van der Waals surface area (Å²) in [5.74, 6) is -2.87. The highest BCUT2D eigenvalue weighted by Crippen LogP contribution is 2.13. The van der Waals surface area contributed by atoms with Gasteiger partial charge in [0.05, 0.1) is 5.56 Å². The van der Waals surface area contributed by atoms with Crippen LogP contribution in [0.15, 0.2) is 48.5 Å². The third kappa shape index (κ3) is 6.73. The molecule has 2 aromatic carbocycles. The zero-order valence-electron chi connectivity index (χ0n) is 15.6. The van der Waals surface area contributed by atoms with Crippen LogP contribution in [0.2, 0.25) is 0 Å². The maximum atomic E-state index is 13.4. The van der Waals surface area contributed by atoms with Crippen molar-refractivity contribution < 1.29 is 33.0 Å². The maximum Gasteiger partial charge on any atom is 0.344 e. The first-order valence-corrected chi connectivity index (χ1v) is 8.66. The van der Waals surface area contributed by atoms with E-state index in [0.717, 1.165) is 6.07 Å². The number of ether oxygens (including phenoxy) is 2. The van der Waals surface area contributed by atoms with Gasteiger partial charge in [-0.2, -0.15) is 0 Å². The third-order valence-corrected chi connectivity index (χ3v) is 3.65. The lowest BCUT2D eigenvalue weighted by atomic mass is 10.1. The SMILES string of the molecule is CCC(=O)c1ccc(OCC(=O)OCC(=O)NNC(=O)c2ccccc2F)cc1. The van der Waals surface area contributed by atoms with Crippen LogP contribution in [-0.4, -0.2) is 36.8 Å². The quantitative estimate of drug-likeness (QED) is 0.396. The minimum Gasteiger partial charge on any atom is -0.482 e. The minimum atomic E-state index is -0.851. The zero-order chi connectivity index (χ0) is 21.2. The van der Waals surface area contributed by atoms with E-state index < -0.39 is 36.8 Å². The molecule has 0 spiro atoms. The van der Waals surface area contributed by atoms with Gasteiger partial charge in [0.25, 0.3) is 11.8 Å². The van der Waals surface area contributed by atoms with Gasteiger partial charge >= 0.3 is 5.97 Å². The van der Waals surface area contributed by atoms with Gasteiger partial charge in [-0.1, -0.05) is 19.1 Å². The van der Waals surface area contributed by atoms with E-state index in [1.807, 2.05) is 10.9 Å². The van der Waals surface area contributed by atoms with E-state index in [9.17, 15) is 23.6 Å². The lowest BCUT2D eigenvalue weighted by Crippen LogP contribution is -2.44.